The number of hydrogen-bond donors (Lipinski definition) is 1. The first-order valence-electron chi connectivity index (χ1n) is 6.85. The van der Waals surface area contributed by atoms with Gasteiger partial charge in [-0.15, -0.1) is 0 Å². The minimum atomic E-state index is -0.357. The van der Waals surface area contributed by atoms with Gasteiger partial charge in [0.15, 0.2) is 5.76 Å². The number of carbonyl (C=O) groups is 2. The zero-order valence-electron chi connectivity index (χ0n) is 12.0. The fourth-order valence-electron chi connectivity index (χ4n) is 2.84. The predicted octanol–water partition coefficient (Wildman–Crippen LogP) is 3.12. The molecule has 0 bridgehead atoms. The first-order valence-corrected chi connectivity index (χ1v) is 7.64. The van der Waals surface area contributed by atoms with Gasteiger partial charge in [0, 0.05) is 23.2 Å². The summed E-state index contributed by atoms with van der Waals surface area (Å²) < 4.78 is 6.41. The molecule has 114 valence electrons. The number of hydrogen-bond acceptors (Lipinski definition) is 4. The van der Waals surface area contributed by atoms with E-state index in [2.05, 4.69) is 15.9 Å². The number of ether oxygens (including phenoxy) is 1. The average molecular weight is 372 g/mol. The second kappa shape index (κ2) is 4.70. The molecule has 0 spiro atoms. The Morgan fingerprint density at radius 1 is 1.09 bits per heavy atom. The highest BCUT2D eigenvalue weighted by Gasteiger charge is 2.39. The van der Waals surface area contributed by atoms with Gasteiger partial charge in [0.25, 0.3) is 5.91 Å². The summed E-state index contributed by atoms with van der Waals surface area (Å²) in [6, 6.07) is 9.71. The summed E-state index contributed by atoms with van der Waals surface area (Å²) in [5.74, 6) is -0.389. The normalized spacial score (nSPS) is 19.0. The van der Waals surface area contributed by atoms with Crippen LogP contribution in [0.5, 0.6) is 11.5 Å². The Morgan fingerprint density at radius 3 is 2.65 bits per heavy atom. The number of Topliss-reactive ketones (excluding diaryl/α,β-unsaturated/α-hetero) is 1. The van der Waals surface area contributed by atoms with E-state index in [0.717, 1.165) is 10.2 Å². The number of likely N-dealkylation sites (N-methyl/N-ethyl adjacent to an activating group) is 1. The van der Waals surface area contributed by atoms with E-state index in [1.165, 1.54) is 23.1 Å². The van der Waals surface area contributed by atoms with Crippen molar-refractivity contribution in [3.8, 4) is 11.5 Å². The second-order valence-corrected chi connectivity index (χ2v) is 6.26. The maximum atomic E-state index is 12.6. The number of benzene rings is 2. The number of carbonyl (C=O) groups excluding carboxylic acids is 2. The van der Waals surface area contributed by atoms with Crippen LogP contribution in [-0.2, 0) is 4.79 Å². The summed E-state index contributed by atoms with van der Waals surface area (Å²) in [5.41, 5.74) is 1.94. The van der Waals surface area contributed by atoms with Crippen molar-refractivity contribution in [1.29, 1.82) is 0 Å². The minimum Gasteiger partial charge on any atom is -0.508 e. The fraction of sp³-hybridized carbons (Fsp3) is 0.0588. The minimum absolute atomic E-state index is 0.000648. The Hall–Kier alpha value is -2.60. The van der Waals surface area contributed by atoms with Crippen molar-refractivity contribution in [2.75, 3.05) is 11.9 Å². The Kier molecular flexibility index (Phi) is 2.86. The van der Waals surface area contributed by atoms with Crippen molar-refractivity contribution in [2.45, 2.75) is 0 Å². The van der Waals surface area contributed by atoms with Crippen molar-refractivity contribution in [3.63, 3.8) is 0 Å². The van der Waals surface area contributed by atoms with Crippen LogP contribution in [-0.4, -0.2) is 23.8 Å². The van der Waals surface area contributed by atoms with E-state index in [1.54, 1.807) is 13.1 Å². The number of phenolic OH excluding ortho intramolecular Hbond substituents is 1. The Labute approximate surface area is 139 Å². The lowest BCUT2D eigenvalue weighted by Gasteiger charge is -2.08. The molecule has 2 aliphatic heterocycles. The van der Waals surface area contributed by atoms with Gasteiger partial charge >= 0.3 is 0 Å². The molecule has 0 aliphatic carbocycles. The quantitative estimate of drug-likeness (QED) is 0.722. The molecule has 5 nitrogen and oxygen atoms in total. The van der Waals surface area contributed by atoms with Gasteiger partial charge in [-0.1, -0.05) is 15.9 Å². The van der Waals surface area contributed by atoms with E-state index in [-0.39, 0.29) is 34.5 Å². The smallest absolute Gasteiger partial charge is 0.262 e. The molecule has 0 unspecified atom stereocenters. The molecule has 0 fully saturated rings. The van der Waals surface area contributed by atoms with Gasteiger partial charge < -0.3 is 14.7 Å². The van der Waals surface area contributed by atoms with Crippen LogP contribution in [0.1, 0.15) is 15.9 Å². The highest BCUT2D eigenvalue weighted by atomic mass is 79.9. The molecule has 0 saturated heterocycles. The SMILES string of the molecule is CN1C(=O)/C(=C2\Oc3cc(O)ccc3C2=O)c2cc(Br)ccc21. The number of ketones is 1. The number of rotatable bonds is 0. The molecular formula is C17H10BrNO4. The zero-order valence-corrected chi connectivity index (χ0v) is 13.5. The summed E-state index contributed by atoms with van der Waals surface area (Å²) >= 11 is 3.38. The molecule has 6 heteroatoms. The number of phenols is 1. The summed E-state index contributed by atoms with van der Waals surface area (Å²) in [6.45, 7) is 0. The topological polar surface area (TPSA) is 66.8 Å². The maximum Gasteiger partial charge on any atom is 0.262 e. The lowest BCUT2D eigenvalue weighted by Crippen LogP contribution is -2.22. The predicted molar refractivity (Wildman–Crippen MR) is 87.5 cm³/mol. The highest BCUT2D eigenvalue weighted by Crippen LogP contribution is 2.43. The highest BCUT2D eigenvalue weighted by molar-refractivity contribution is 9.10. The fourth-order valence-corrected chi connectivity index (χ4v) is 3.20. The van der Waals surface area contributed by atoms with E-state index in [0.29, 0.717) is 11.1 Å². The third-order valence-electron chi connectivity index (χ3n) is 3.96. The van der Waals surface area contributed by atoms with Gasteiger partial charge in [-0.2, -0.15) is 0 Å². The lowest BCUT2D eigenvalue weighted by molar-refractivity contribution is -0.112. The number of halogens is 1. The second-order valence-electron chi connectivity index (χ2n) is 5.34. The molecule has 0 saturated carbocycles. The van der Waals surface area contributed by atoms with Crippen molar-refractivity contribution < 1.29 is 19.4 Å². The van der Waals surface area contributed by atoms with Crippen LogP contribution in [0.3, 0.4) is 0 Å². The van der Waals surface area contributed by atoms with Crippen LogP contribution in [0.25, 0.3) is 5.57 Å². The van der Waals surface area contributed by atoms with Gasteiger partial charge in [-0.05, 0) is 30.3 Å². The third-order valence-corrected chi connectivity index (χ3v) is 4.46. The molecule has 0 atom stereocenters. The van der Waals surface area contributed by atoms with Gasteiger partial charge in [0.2, 0.25) is 5.78 Å². The Bertz CT molecular complexity index is 932. The van der Waals surface area contributed by atoms with Crippen LogP contribution in [0, 0.1) is 0 Å². The third kappa shape index (κ3) is 1.91. The molecule has 0 aromatic heterocycles. The number of nitrogens with zero attached hydrogens (tertiary/aromatic N) is 1. The van der Waals surface area contributed by atoms with E-state index < -0.39 is 0 Å². The number of fused-ring (bicyclic) bond motifs is 2. The molecule has 1 amide bonds. The maximum absolute atomic E-state index is 12.6. The molecule has 1 N–H and O–H groups in total. The summed E-state index contributed by atoms with van der Waals surface area (Å²) in [4.78, 5) is 26.7. The molecule has 4 rings (SSSR count). The van der Waals surface area contributed by atoms with E-state index in [4.69, 9.17) is 4.74 Å². The summed E-state index contributed by atoms with van der Waals surface area (Å²) in [5, 5.41) is 9.53. The molecule has 2 aliphatic rings. The van der Waals surface area contributed by atoms with E-state index >= 15 is 0 Å². The van der Waals surface area contributed by atoms with E-state index in [1.807, 2.05) is 12.1 Å². The first kappa shape index (κ1) is 14.0. The lowest BCUT2D eigenvalue weighted by atomic mass is 10.0. The zero-order chi connectivity index (χ0) is 16.3. The number of amides is 1. The van der Waals surface area contributed by atoms with Crippen LogP contribution in [0.2, 0.25) is 0 Å². The monoisotopic (exact) mass is 371 g/mol. The Morgan fingerprint density at radius 2 is 1.87 bits per heavy atom. The number of allylic oxidation sites excluding steroid dienone is 1. The molecule has 0 radical (unpaired) electrons. The van der Waals surface area contributed by atoms with Crippen LogP contribution < -0.4 is 9.64 Å². The Balaban J connectivity index is 1.95. The van der Waals surface area contributed by atoms with Crippen molar-refractivity contribution in [2.24, 2.45) is 0 Å². The molecule has 2 aromatic carbocycles. The van der Waals surface area contributed by atoms with Crippen molar-refractivity contribution >= 4 is 38.9 Å². The van der Waals surface area contributed by atoms with Crippen molar-refractivity contribution in [1.82, 2.24) is 0 Å². The number of aromatic hydroxyl groups is 1. The summed E-state index contributed by atoms with van der Waals surface area (Å²) in [7, 11) is 1.65. The number of anilines is 1. The van der Waals surface area contributed by atoms with Gasteiger partial charge in [-0.3, -0.25) is 9.59 Å². The molecule has 23 heavy (non-hydrogen) atoms. The average Bonchev–Trinajstić information content (AvgIpc) is 2.94. The van der Waals surface area contributed by atoms with Crippen LogP contribution >= 0.6 is 15.9 Å². The van der Waals surface area contributed by atoms with Crippen LogP contribution in [0.4, 0.5) is 5.69 Å². The van der Waals surface area contributed by atoms with Gasteiger partial charge in [0.1, 0.15) is 11.5 Å². The standard InChI is InChI=1S/C17H10BrNO4/c1-19-12-5-2-8(18)6-11(12)14(17(19)22)16-15(21)10-4-3-9(20)7-13(10)23-16/h2-7,20H,1H3/b16-14-. The summed E-state index contributed by atoms with van der Waals surface area (Å²) in [6.07, 6.45) is 0. The molecular weight excluding hydrogens is 362 g/mol. The molecule has 2 aromatic rings. The van der Waals surface area contributed by atoms with Crippen molar-refractivity contribution in [3.05, 3.63) is 57.8 Å². The van der Waals surface area contributed by atoms with Gasteiger partial charge in [0.05, 0.1) is 16.8 Å². The molecule has 2 heterocycles. The van der Waals surface area contributed by atoms with Crippen LogP contribution in [0.15, 0.2) is 46.6 Å². The van der Waals surface area contributed by atoms with Gasteiger partial charge in [-0.25, -0.2) is 0 Å². The largest absolute Gasteiger partial charge is 0.508 e. The first-order chi connectivity index (χ1) is 11.0. The van der Waals surface area contributed by atoms with E-state index in [9.17, 15) is 14.7 Å².